The van der Waals surface area contributed by atoms with Crippen molar-refractivity contribution in [3.63, 3.8) is 0 Å². The molecule has 0 N–H and O–H groups in total. The predicted molar refractivity (Wildman–Crippen MR) is 123 cm³/mol. The van der Waals surface area contributed by atoms with E-state index in [1.165, 1.54) is 0 Å². The van der Waals surface area contributed by atoms with Crippen LogP contribution in [-0.4, -0.2) is 57.5 Å². The van der Waals surface area contributed by atoms with Crippen LogP contribution in [-0.2, 0) is 9.53 Å². The lowest BCUT2D eigenvalue weighted by atomic mass is 10.1. The summed E-state index contributed by atoms with van der Waals surface area (Å²) in [5, 5.41) is 9.00. The number of likely N-dealkylation sites (tertiary alicyclic amines) is 1. The molecule has 2 fully saturated rings. The van der Waals surface area contributed by atoms with Crippen LogP contribution in [0.2, 0.25) is 0 Å². The van der Waals surface area contributed by atoms with Crippen LogP contribution in [0.5, 0.6) is 0 Å². The highest BCUT2D eigenvalue weighted by atomic mass is 16.5. The van der Waals surface area contributed by atoms with Crippen molar-refractivity contribution in [1.82, 2.24) is 19.9 Å². The molecule has 2 aliphatic rings. The van der Waals surface area contributed by atoms with E-state index in [-0.39, 0.29) is 24.1 Å². The molecule has 3 atom stereocenters. The van der Waals surface area contributed by atoms with Gasteiger partial charge >= 0.3 is 0 Å². The fraction of sp³-hybridized carbons (Fsp3) is 0.400. The fourth-order valence-electron chi connectivity index (χ4n) is 5.00. The molecule has 33 heavy (non-hydrogen) atoms. The lowest BCUT2D eigenvalue weighted by Gasteiger charge is -2.41. The molecule has 0 radical (unpaired) electrons. The fourth-order valence-corrected chi connectivity index (χ4v) is 5.00. The summed E-state index contributed by atoms with van der Waals surface area (Å²) in [6.07, 6.45) is 7.26. The summed E-state index contributed by atoms with van der Waals surface area (Å²) >= 11 is 0. The lowest BCUT2D eigenvalue weighted by molar-refractivity contribution is -0.133. The molecule has 3 unspecified atom stereocenters. The summed E-state index contributed by atoms with van der Waals surface area (Å²) in [4.78, 5) is 30.5. The molecule has 2 bridgehead atoms. The molecular weight excluding hydrogens is 416 g/mol. The number of carbonyl (C=O) groups excluding carboxylic acids is 1. The Kier molecular flexibility index (Phi) is 5.88. The molecule has 168 valence electrons. The van der Waals surface area contributed by atoms with Crippen molar-refractivity contribution < 1.29 is 9.53 Å². The van der Waals surface area contributed by atoms with Crippen LogP contribution in [0.1, 0.15) is 43.4 Å². The van der Waals surface area contributed by atoms with E-state index in [2.05, 4.69) is 25.9 Å². The van der Waals surface area contributed by atoms with E-state index in [1.807, 2.05) is 36.1 Å². The molecule has 2 aliphatic heterocycles. The maximum absolute atomic E-state index is 12.9. The molecule has 0 spiro atoms. The van der Waals surface area contributed by atoms with Crippen molar-refractivity contribution in [2.45, 2.75) is 44.4 Å². The minimum Gasteiger partial charge on any atom is -0.373 e. The SMILES string of the molecule is CC(OCCC(=O)N1CC2CCC(C1)N2c1ccc(C#N)cn1)c1cccc2nccnc12. The number of piperazine rings is 1. The maximum atomic E-state index is 12.9. The van der Waals surface area contributed by atoms with E-state index in [4.69, 9.17) is 10.00 Å². The first kappa shape index (κ1) is 21.3. The molecule has 2 saturated heterocycles. The second-order valence-electron chi connectivity index (χ2n) is 8.64. The van der Waals surface area contributed by atoms with Gasteiger partial charge in [-0.05, 0) is 38.0 Å². The number of fused-ring (bicyclic) bond motifs is 3. The first-order valence-electron chi connectivity index (χ1n) is 11.4. The average Bonchev–Trinajstić information content (AvgIpc) is 3.12. The normalized spacial score (nSPS) is 20.6. The molecule has 4 heterocycles. The average molecular weight is 443 g/mol. The number of rotatable bonds is 6. The molecule has 0 saturated carbocycles. The number of aromatic nitrogens is 3. The van der Waals surface area contributed by atoms with E-state index >= 15 is 0 Å². The Balaban J connectivity index is 1.16. The van der Waals surface area contributed by atoms with Crippen LogP contribution in [0.4, 0.5) is 5.82 Å². The van der Waals surface area contributed by atoms with Crippen LogP contribution in [0, 0.1) is 11.3 Å². The third-order valence-corrected chi connectivity index (χ3v) is 6.63. The number of ether oxygens (including phenoxy) is 1. The van der Waals surface area contributed by atoms with E-state index < -0.39 is 0 Å². The highest BCUT2D eigenvalue weighted by Crippen LogP contribution is 2.34. The van der Waals surface area contributed by atoms with Gasteiger partial charge in [0.2, 0.25) is 5.91 Å². The smallest absolute Gasteiger partial charge is 0.225 e. The van der Waals surface area contributed by atoms with E-state index in [0.29, 0.717) is 31.7 Å². The van der Waals surface area contributed by atoms with Gasteiger partial charge in [-0.3, -0.25) is 14.8 Å². The van der Waals surface area contributed by atoms with Gasteiger partial charge in [-0.25, -0.2) is 4.98 Å². The zero-order chi connectivity index (χ0) is 22.8. The van der Waals surface area contributed by atoms with Gasteiger partial charge in [-0.2, -0.15) is 5.26 Å². The molecule has 8 heteroatoms. The third-order valence-electron chi connectivity index (χ3n) is 6.63. The highest BCUT2D eigenvalue weighted by Gasteiger charge is 2.41. The molecule has 1 aromatic carbocycles. The van der Waals surface area contributed by atoms with E-state index in [9.17, 15) is 4.79 Å². The van der Waals surface area contributed by atoms with Crippen molar-refractivity contribution in [2.24, 2.45) is 0 Å². The number of nitrogens with zero attached hydrogens (tertiary/aromatic N) is 6. The Bertz CT molecular complexity index is 1170. The molecule has 5 rings (SSSR count). The summed E-state index contributed by atoms with van der Waals surface area (Å²) in [5.41, 5.74) is 3.22. The monoisotopic (exact) mass is 442 g/mol. The quantitative estimate of drug-likeness (QED) is 0.578. The standard InChI is InChI=1S/C25H26N6O2/c1-17(21-3-2-4-22-25(21)28-11-10-27-22)33-12-9-24(32)30-15-19-6-7-20(16-30)31(19)23-8-5-18(13-26)14-29-23/h2-5,8,10-11,14,17,19-20H,6-7,9,12,15-16H2,1H3. The summed E-state index contributed by atoms with van der Waals surface area (Å²) in [5.74, 6) is 1.02. The number of pyridine rings is 1. The van der Waals surface area contributed by atoms with Crippen molar-refractivity contribution in [1.29, 1.82) is 5.26 Å². The number of hydrogen-bond acceptors (Lipinski definition) is 7. The van der Waals surface area contributed by atoms with Crippen molar-refractivity contribution in [3.05, 3.63) is 60.0 Å². The number of anilines is 1. The predicted octanol–water partition coefficient (Wildman–Crippen LogP) is 3.24. The first-order valence-corrected chi connectivity index (χ1v) is 11.4. The van der Waals surface area contributed by atoms with Gasteiger partial charge in [0.25, 0.3) is 0 Å². The summed E-state index contributed by atoms with van der Waals surface area (Å²) in [7, 11) is 0. The van der Waals surface area contributed by atoms with Gasteiger partial charge < -0.3 is 14.5 Å². The molecule has 1 amide bonds. The first-order chi connectivity index (χ1) is 16.1. The topological polar surface area (TPSA) is 95.2 Å². The second-order valence-corrected chi connectivity index (χ2v) is 8.64. The van der Waals surface area contributed by atoms with E-state index in [0.717, 1.165) is 35.3 Å². The zero-order valence-corrected chi connectivity index (χ0v) is 18.6. The van der Waals surface area contributed by atoms with Crippen LogP contribution in [0.25, 0.3) is 11.0 Å². The highest BCUT2D eigenvalue weighted by molar-refractivity contribution is 5.78. The number of amides is 1. The third kappa shape index (κ3) is 4.24. The van der Waals surface area contributed by atoms with Crippen LogP contribution in [0.15, 0.2) is 48.9 Å². The van der Waals surface area contributed by atoms with Gasteiger partial charge in [-0.1, -0.05) is 12.1 Å². The maximum Gasteiger partial charge on any atom is 0.225 e. The Hall–Kier alpha value is -3.57. The lowest BCUT2D eigenvalue weighted by Crippen LogP contribution is -2.55. The van der Waals surface area contributed by atoms with Crippen LogP contribution in [0.3, 0.4) is 0 Å². The summed E-state index contributed by atoms with van der Waals surface area (Å²) in [6, 6.07) is 12.2. The number of para-hydroxylation sites is 1. The van der Waals surface area contributed by atoms with Gasteiger partial charge in [-0.15, -0.1) is 0 Å². The number of hydrogen-bond donors (Lipinski definition) is 0. The van der Waals surface area contributed by atoms with E-state index in [1.54, 1.807) is 24.7 Å². The minimum absolute atomic E-state index is 0.129. The van der Waals surface area contributed by atoms with Gasteiger partial charge in [0.15, 0.2) is 0 Å². The van der Waals surface area contributed by atoms with Crippen LogP contribution < -0.4 is 4.90 Å². The zero-order valence-electron chi connectivity index (χ0n) is 18.6. The number of nitriles is 1. The summed E-state index contributed by atoms with van der Waals surface area (Å²) in [6.45, 7) is 3.75. The van der Waals surface area contributed by atoms with Crippen LogP contribution >= 0.6 is 0 Å². The second kappa shape index (κ2) is 9.12. The summed E-state index contributed by atoms with van der Waals surface area (Å²) < 4.78 is 6.02. The Morgan fingerprint density at radius 3 is 2.67 bits per heavy atom. The largest absolute Gasteiger partial charge is 0.373 e. The minimum atomic E-state index is -0.173. The van der Waals surface area contributed by atoms with Gasteiger partial charge in [0.1, 0.15) is 11.9 Å². The Labute approximate surface area is 192 Å². The van der Waals surface area contributed by atoms with Crippen molar-refractivity contribution in [3.8, 4) is 6.07 Å². The van der Waals surface area contributed by atoms with Crippen molar-refractivity contribution >= 4 is 22.8 Å². The Morgan fingerprint density at radius 1 is 1.15 bits per heavy atom. The number of carbonyl (C=O) groups is 1. The molecule has 3 aromatic rings. The van der Waals surface area contributed by atoms with Gasteiger partial charge in [0, 0.05) is 49.3 Å². The van der Waals surface area contributed by atoms with Gasteiger partial charge in [0.05, 0.1) is 35.7 Å². The Morgan fingerprint density at radius 2 is 1.94 bits per heavy atom. The van der Waals surface area contributed by atoms with Crippen molar-refractivity contribution in [2.75, 3.05) is 24.6 Å². The number of benzene rings is 1. The molecule has 8 nitrogen and oxygen atoms in total. The molecular formula is C25H26N6O2. The molecule has 0 aliphatic carbocycles. The molecule has 2 aromatic heterocycles.